The largest absolute Gasteiger partial charge is 0.361 e. The molecule has 3 heterocycles. The van der Waals surface area contributed by atoms with Gasteiger partial charge in [-0.25, -0.2) is 0 Å². The van der Waals surface area contributed by atoms with Crippen LogP contribution >= 0.6 is 0 Å². The third-order valence-corrected chi connectivity index (χ3v) is 5.78. The maximum absolute atomic E-state index is 12.8. The molecule has 0 unspecified atom stereocenters. The van der Waals surface area contributed by atoms with E-state index in [0.717, 1.165) is 0 Å². The summed E-state index contributed by atoms with van der Waals surface area (Å²) in [4.78, 5) is 53.6. The zero-order valence-electron chi connectivity index (χ0n) is 18.6. The number of nitrogens with zero attached hydrogens (tertiary/aromatic N) is 3. The van der Waals surface area contributed by atoms with Crippen LogP contribution in [0.3, 0.4) is 0 Å². The Labute approximate surface area is 185 Å². The van der Waals surface area contributed by atoms with Crippen molar-refractivity contribution in [1.29, 1.82) is 0 Å². The second-order valence-corrected chi connectivity index (χ2v) is 9.24. The molecule has 0 atom stereocenters. The van der Waals surface area contributed by atoms with Crippen LogP contribution in [0.2, 0.25) is 0 Å². The molecule has 168 valence electrons. The van der Waals surface area contributed by atoms with Gasteiger partial charge in [0, 0.05) is 36.3 Å². The molecule has 9 nitrogen and oxygen atoms in total. The van der Waals surface area contributed by atoms with E-state index in [1.807, 2.05) is 0 Å². The lowest BCUT2D eigenvalue weighted by atomic mass is 10.0. The van der Waals surface area contributed by atoms with E-state index in [2.05, 4.69) is 10.5 Å². The van der Waals surface area contributed by atoms with Gasteiger partial charge in [0.25, 0.3) is 23.6 Å². The normalized spacial score (nSPS) is 17.0. The van der Waals surface area contributed by atoms with Gasteiger partial charge in [-0.15, -0.1) is 0 Å². The van der Waals surface area contributed by atoms with Crippen LogP contribution in [0.15, 0.2) is 28.8 Å². The number of hydrogen-bond donors (Lipinski definition) is 1. The minimum absolute atomic E-state index is 0.0951. The van der Waals surface area contributed by atoms with E-state index in [1.165, 1.54) is 17.0 Å². The molecule has 4 rings (SSSR count). The van der Waals surface area contributed by atoms with Gasteiger partial charge in [0.15, 0.2) is 5.69 Å². The molecule has 0 aliphatic carbocycles. The van der Waals surface area contributed by atoms with E-state index >= 15 is 0 Å². The molecule has 2 aliphatic heterocycles. The van der Waals surface area contributed by atoms with Gasteiger partial charge < -0.3 is 14.7 Å². The van der Waals surface area contributed by atoms with Crippen LogP contribution in [0.25, 0.3) is 0 Å². The van der Waals surface area contributed by atoms with Gasteiger partial charge in [-0.05, 0) is 58.7 Å². The fraction of sp³-hybridized carbons (Fsp3) is 0.435. The van der Waals surface area contributed by atoms with E-state index in [0.29, 0.717) is 42.8 Å². The van der Waals surface area contributed by atoms with Gasteiger partial charge in [-0.2, -0.15) is 0 Å². The van der Waals surface area contributed by atoms with Gasteiger partial charge in [0.2, 0.25) is 0 Å². The highest BCUT2D eigenvalue weighted by Gasteiger charge is 2.42. The summed E-state index contributed by atoms with van der Waals surface area (Å²) >= 11 is 0. The lowest BCUT2D eigenvalue weighted by Crippen LogP contribution is -2.46. The Balaban J connectivity index is 1.39. The molecule has 0 spiro atoms. The van der Waals surface area contributed by atoms with Crippen molar-refractivity contribution in [2.75, 3.05) is 13.1 Å². The van der Waals surface area contributed by atoms with Crippen LogP contribution in [0, 0.1) is 6.92 Å². The summed E-state index contributed by atoms with van der Waals surface area (Å²) in [5.74, 6) is -0.641. The molecular formula is C23H26N4O5. The maximum atomic E-state index is 12.8. The molecule has 0 bridgehead atoms. The minimum atomic E-state index is -0.647. The van der Waals surface area contributed by atoms with Gasteiger partial charge in [0.1, 0.15) is 5.76 Å². The number of carbonyl (C=O) groups is 4. The summed E-state index contributed by atoms with van der Waals surface area (Å²) < 4.78 is 4.97. The smallest absolute Gasteiger partial charge is 0.276 e. The Hall–Kier alpha value is -3.49. The van der Waals surface area contributed by atoms with E-state index in [1.54, 1.807) is 44.7 Å². The maximum Gasteiger partial charge on any atom is 0.276 e. The number of aryl methyl sites for hydroxylation is 1. The monoisotopic (exact) mass is 438 g/mol. The van der Waals surface area contributed by atoms with Crippen molar-refractivity contribution in [3.8, 4) is 0 Å². The van der Waals surface area contributed by atoms with Crippen LogP contribution in [0.1, 0.15) is 80.9 Å². The third-order valence-electron chi connectivity index (χ3n) is 5.78. The Morgan fingerprint density at radius 3 is 2.31 bits per heavy atom. The van der Waals surface area contributed by atoms with Crippen molar-refractivity contribution < 1.29 is 23.7 Å². The van der Waals surface area contributed by atoms with Crippen molar-refractivity contribution in [3.05, 3.63) is 52.4 Å². The van der Waals surface area contributed by atoms with Gasteiger partial charge in [-0.1, -0.05) is 5.16 Å². The summed E-state index contributed by atoms with van der Waals surface area (Å²) in [5.41, 5.74) is 0.535. The number of aromatic nitrogens is 1. The molecule has 1 fully saturated rings. The quantitative estimate of drug-likeness (QED) is 0.737. The van der Waals surface area contributed by atoms with E-state index in [-0.39, 0.29) is 40.9 Å². The first-order valence-electron chi connectivity index (χ1n) is 10.6. The molecule has 2 aromatic rings. The van der Waals surface area contributed by atoms with Crippen LogP contribution in [0.4, 0.5) is 0 Å². The number of benzene rings is 1. The molecule has 1 aromatic heterocycles. The Bertz CT molecular complexity index is 1110. The SMILES string of the molecule is Cc1cc(C(=O)N2CCC(NC(=O)c3ccc4c(c3)C(=O)N(C(C)(C)C)C4=O)CC2)no1. The minimum Gasteiger partial charge on any atom is -0.361 e. The number of piperidine rings is 1. The summed E-state index contributed by atoms with van der Waals surface area (Å²) in [6.45, 7) is 8.10. The average molecular weight is 438 g/mol. The molecule has 2 aliphatic rings. The molecular weight excluding hydrogens is 412 g/mol. The van der Waals surface area contributed by atoms with Gasteiger partial charge in [-0.3, -0.25) is 24.1 Å². The molecule has 32 heavy (non-hydrogen) atoms. The lowest BCUT2D eigenvalue weighted by Gasteiger charge is -2.31. The van der Waals surface area contributed by atoms with Crippen LogP contribution in [-0.4, -0.2) is 63.3 Å². The molecule has 1 saturated heterocycles. The first kappa shape index (κ1) is 21.7. The van der Waals surface area contributed by atoms with Crippen molar-refractivity contribution in [2.45, 2.75) is 52.1 Å². The molecule has 9 heteroatoms. The van der Waals surface area contributed by atoms with E-state index in [4.69, 9.17) is 4.52 Å². The lowest BCUT2D eigenvalue weighted by molar-refractivity contribution is 0.0506. The highest BCUT2D eigenvalue weighted by molar-refractivity contribution is 6.22. The zero-order valence-corrected chi connectivity index (χ0v) is 18.6. The van der Waals surface area contributed by atoms with Gasteiger partial charge in [0.05, 0.1) is 11.1 Å². The molecule has 1 N–H and O–H groups in total. The number of likely N-dealkylation sites (tertiary alicyclic amines) is 1. The summed E-state index contributed by atoms with van der Waals surface area (Å²) in [7, 11) is 0. The first-order chi connectivity index (χ1) is 15.1. The van der Waals surface area contributed by atoms with Crippen molar-refractivity contribution in [1.82, 2.24) is 20.3 Å². The molecule has 4 amide bonds. The average Bonchev–Trinajstić information content (AvgIpc) is 3.28. The highest BCUT2D eigenvalue weighted by atomic mass is 16.5. The van der Waals surface area contributed by atoms with E-state index in [9.17, 15) is 19.2 Å². The van der Waals surface area contributed by atoms with Crippen LogP contribution in [-0.2, 0) is 0 Å². The summed E-state index contributed by atoms with van der Waals surface area (Å²) in [5, 5.41) is 6.74. The predicted molar refractivity (Wildman–Crippen MR) is 114 cm³/mol. The number of nitrogens with one attached hydrogen (secondary N) is 1. The zero-order chi connectivity index (χ0) is 23.2. The van der Waals surface area contributed by atoms with E-state index < -0.39 is 5.54 Å². The second-order valence-electron chi connectivity index (χ2n) is 9.24. The molecule has 0 radical (unpaired) electrons. The number of hydrogen-bond acceptors (Lipinski definition) is 6. The van der Waals surface area contributed by atoms with Crippen LogP contribution < -0.4 is 5.32 Å². The number of carbonyl (C=O) groups excluding carboxylic acids is 4. The topological polar surface area (TPSA) is 113 Å². The van der Waals surface area contributed by atoms with Crippen LogP contribution in [0.5, 0.6) is 0 Å². The van der Waals surface area contributed by atoms with Crippen molar-refractivity contribution >= 4 is 23.6 Å². The Morgan fingerprint density at radius 1 is 1.06 bits per heavy atom. The van der Waals surface area contributed by atoms with Crippen molar-refractivity contribution in [3.63, 3.8) is 0 Å². The van der Waals surface area contributed by atoms with Crippen molar-refractivity contribution in [2.24, 2.45) is 0 Å². The second kappa shape index (κ2) is 7.89. The number of amides is 4. The highest BCUT2D eigenvalue weighted by Crippen LogP contribution is 2.30. The Kier molecular flexibility index (Phi) is 5.36. The third kappa shape index (κ3) is 3.90. The summed E-state index contributed by atoms with van der Waals surface area (Å²) in [6, 6.07) is 6.11. The predicted octanol–water partition coefficient (Wildman–Crippen LogP) is 2.41. The number of fused-ring (bicyclic) bond motifs is 1. The molecule has 0 saturated carbocycles. The van der Waals surface area contributed by atoms with Gasteiger partial charge >= 0.3 is 0 Å². The standard InChI is InChI=1S/C23H26N4O5/c1-13-11-18(25-32-13)22(31)26-9-7-15(8-10-26)24-19(28)14-5-6-16-17(12-14)21(30)27(20(16)29)23(2,3)4/h5-6,11-12,15H,7-10H2,1-4H3,(H,24,28). The fourth-order valence-electron chi connectivity index (χ4n) is 4.12. The molecule has 1 aromatic carbocycles. The Morgan fingerprint density at radius 2 is 1.72 bits per heavy atom. The number of imide groups is 1. The summed E-state index contributed by atoms with van der Waals surface area (Å²) in [6.07, 6.45) is 1.21. The number of rotatable bonds is 3. The fourth-order valence-corrected chi connectivity index (χ4v) is 4.12. The first-order valence-corrected chi connectivity index (χ1v) is 10.6.